The van der Waals surface area contributed by atoms with Gasteiger partial charge in [0.15, 0.2) is 0 Å². The monoisotopic (exact) mass is 456 g/mol. The van der Waals surface area contributed by atoms with Crippen molar-refractivity contribution in [2.45, 2.75) is 44.0 Å². The SMILES string of the molecule is CC(C)C[C@@H](NC(=O)CCc1nc2cc(S(=O)(=O)N(C)C)ccc2n1C)c1ccccc1. The third kappa shape index (κ3) is 5.37. The Bertz CT molecular complexity index is 1180. The van der Waals surface area contributed by atoms with Crippen LogP contribution in [0.2, 0.25) is 0 Å². The fourth-order valence-electron chi connectivity index (χ4n) is 3.75. The zero-order valence-electron chi connectivity index (χ0n) is 19.4. The normalized spacial score (nSPS) is 13.1. The van der Waals surface area contributed by atoms with Gasteiger partial charge >= 0.3 is 0 Å². The number of carbonyl (C=O) groups excluding carboxylic acids is 1. The molecule has 172 valence electrons. The first-order valence-electron chi connectivity index (χ1n) is 10.8. The highest BCUT2D eigenvalue weighted by molar-refractivity contribution is 7.89. The van der Waals surface area contributed by atoms with Crippen LogP contribution >= 0.6 is 0 Å². The van der Waals surface area contributed by atoms with Crippen LogP contribution in [0.25, 0.3) is 11.0 Å². The van der Waals surface area contributed by atoms with Gasteiger partial charge in [-0.05, 0) is 36.1 Å². The van der Waals surface area contributed by atoms with Crippen LogP contribution in [0.3, 0.4) is 0 Å². The van der Waals surface area contributed by atoms with Gasteiger partial charge in [-0.2, -0.15) is 0 Å². The van der Waals surface area contributed by atoms with E-state index in [4.69, 9.17) is 0 Å². The van der Waals surface area contributed by atoms with Crippen molar-refractivity contribution in [2.75, 3.05) is 14.1 Å². The second-order valence-corrected chi connectivity index (χ2v) is 10.8. The maximum Gasteiger partial charge on any atom is 0.242 e. The number of sulfonamides is 1. The van der Waals surface area contributed by atoms with Crippen molar-refractivity contribution in [3.63, 3.8) is 0 Å². The summed E-state index contributed by atoms with van der Waals surface area (Å²) in [5.41, 5.74) is 2.54. The summed E-state index contributed by atoms with van der Waals surface area (Å²) in [5.74, 6) is 1.17. The molecule has 8 heteroatoms. The molecule has 2 aromatic carbocycles. The average Bonchev–Trinajstić information content (AvgIpc) is 3.07. The Morgan fingerprint density at radius 3 is 2.44 bits per heavy atom. The summed E-state index contributed by atoms with van der Waals surface area (Å²) in [7, 11) is 1.36. The molecule has 0 aliphatic carbocycles. The summed E-state index contributed by atoms with van der Waals surface area (Å²) < 4.78 is 27.9. The Morgan fingerprint density at radius 2 is 1.81 bits per heavy atom. The lowest BCUT2D eigenvalue weighted by atomic mass is 9.97. The van der Waals surface area contributed by atoms with Crippen LogP contribution in [0.5, 0.6) is 0 Å². The molecule has 0 aliphatic heterocycles. The third-order valence-corrected chi connectivity index (χ3v) is 7.35. The summed E-state index contributed by atoms with van der Waals surface area (Å²) in [6.45, 7) is 4.29. The minimum Gasteiger partial charge on any atom is -0.349 e. The predicted octanol–water partition coefficient (Wildman–Crippen LogP) is 3.66. The number of carbonyl (C=O) groups is 1. The first kappa shape index (κ1) is 23.9. The van der Waals surface area contributed by atoms with E-state index in [1.54, 1.807) is 18.2 Å². The Hall–Kier alpha value is -2.71. The van der Waals surface area contributed by atoms with Crippen molar-refractivity contribution in [1.82, 2.24) is 19.2 Å². The molecule has 1 amide bonds. The smallest absolute Gasteiger partial charge is 0.242 e. The van der Waals surface area contributed by atoms with Crippen LogP contribution in [0, 0.1) is 5.92 Å². The number of hydrogen-bond donors (Lipinski definition) is 1. The molecular weight excluding hydrogens is 424 g/mol. The van der Waals surface area contributed by atoms with E-state index in [0.29, 0.717) is 24.3 Å². The largest absolute Gasteiger partial charge is 0.349 e. The molecule has 1 heterocycles. The van der Waals surface area contributed by atoms with Gasteiger partial charge in [0, 0.05) is 34.0 Å². The van der Waals surface area contributed by atoms with E-state index >= 15 is 0 Å². The number of aryl methyl sites for hydroxylation is 2. The highest BCUT2D eigenvalue weighted by Crippen LogP contribution is 2.23. The number of hydrogen-bond acceptors (Lipinski definition) is 4. The fourth-order valence-corrected chi connectivity index (χ4v) is 4.67. The fraction of sp³-hybridized carbons (Fsp3) is 0.417. The van der Waals surface area contributed by atoms with Gasteiger partial charge in [0.25, 0.3) is 0 Å². The lowest BCUT2D eigenvalue weighted by molar-refractivity contribution is -0.121. The van der Waals surface area contributed by atoms with E-state index in [2.05, 4.69) is 24.1 Å². The molecule has 32 heavy (non-hydrogen) atoms. The zero-order valence-corrected chi connectivity index (χ0v) is 20.2. The van der Waals surface area contributed by atoms with Crippen molar-refractivity contribution in [2.24, 2.45) is 13.0 Å². The van der Waals surface area contributed by atoms with Gasteiger partial charge in [0.05, 0.1) is 22.0 Å². The van der Waals surface area contributed by atoms with Crippen LogP contribution in [0.4, 0.5) is 0 Å². The molecule has 0 fully saturated rings. The summed E-state index contributed by atoms with van der Waals surface area (Å²) in [4.78, 5) is 17.5. The van der Waals surface area contributed by atoms with Crippen LogP contribution in [0.15, 0.2) is 53.4 Å². The van der Waals surface area contributed by atoms with Crippen LogP contribution in [-0.4, -0.2) is 42.3 Å². The van der Waals surface area contributed by atoms with E-state index in [1.165, 1.54) is 18.4 Å². The quantitative estimate of drug-likeness (QED) is 0.533. The van der Waals surface area contributed by atoms with Gasteiger partial charge in [-0.1, -0.05) is 44.2 Å². The highest BCUT2D eigenvalue weighted by atomic mass is 32.2. The van der Waals surface area contributed by atoms with E-state index < -0.39 is 10.0 Å². The molecule has 1 atom stereocenters. The molecule has 3 aromatic rings. The Kier molecular flexibility index (Phi) is 7.36. The minimum absolute atomic E-state index is 0.0251. The average molecular weight is 457 g/mol. The molecule has 0 bridgehead atoms. The van der Waals surface area contributed by atoms with Crippen LogP contribution < -0.4 is 5.32 Å². The molecule has 0 spiro atoms. The van der Waals surface area contributed by atoms with Gasteiger partial charge in [0.1, 0.15) is 5.82 Å². The van der Waals surface area contributed by atoms with E-state index in [-0.39, 0.29) is 16.8 Å². The molecule has 1 N–H and O–H groups in total. The molecule has 1 aromatic heterocycles. The number of aromatic nitrogens is 2. The molecule has 7 nitrogen and oxygen atoms in total. The van der Waals surface area contributed by atoms with Crippen molar-refractivity contribution in [3.8, 4) is 0 Å². The number of rotatable bonds is 9. The maximum absolute atomic E-state index is 12.7. The van der Waals surface area contributed by atoms with Gasteiger partial charge < -0.3 is 9.88 Å². The van der Waals surface area contributed by atoms with Crippen molar-refractivity contribution in [1.29, 1.82) is 0 Å². The number of imidazole rings is 1. The van der Waals surface area contributed by atoms with E-state index in [9.17, 15) is 13.2 Å². The third-order valence-electron chi connectivity index (χ3n) is 5.54. The molecule has 0 unspecified atom stereocenters. The number of nitrogens with zero attached hydrogens (tertiary/aromatic N) is 3. The standard InChI is InChI=1S/C24H32N4O3S/c1-17(2)15-20(18-9-7-6-8-10-18)26-24(29)14-13-23-25-21-16-19(32(30,31)27(3)4)11-12-22(21)28(23)5/h6-12,16-17,20H,13-15H2,1-5H3,(H,26,29)/t20-/m1/s1. The number of fused-ring (bicyclic) bond motifs is 1. The summed E-state index contributed by atoms with van der Waals surface area (Å²) >= 11 is 0. The molecule has 3 rings (SSSR count). The minimum atomic E-state index is -3.53. The Balaban J connectivity index is 1.73. The van der Waals surface area contributed by atoms with Crippen molar-refractivity contribution < 1.29 is 13.2 Å². The number of nitrogens with one attached hydrogen (secondary N) is 1. The first-order valence-corrected chi connectivity index (χ1v) is 12.3. The Morgan fingerprint density at radius 1 is 1.12 bits per heavy atom. The number of benzene rings is 2. The summed E-state index contributed by atoms with van der Waals surface area (Å²) in [6.07, 6.45) is 1.64. The predicted molar refractivity (Wildman–Crippen MR) is 127 cm³/mol. The molecule has 0 saturated heterocycles. The molecular formula is C24H32N4O3S. The lowest BCUT2D eigenvalue weighted by Gasteiger charge is -2.21. The van der Waals surface area contributed by atoms with Gasteiger partial charge in [-0.3, -0.25) is 4.79 Å². The van der Waals surface area contributed by atoms with E-state index in [0.717, 1.165) is 23.3 Å². The molecule has 0 radical (unpaired) electrons. The summed E-state index contributed by atoms with van der Waals surface area (Å²) in [5, 5.41) is 3.17. The van der Waals surface area contributed by atoms with Gasteiger partial charge in [-0.15, -0.1) is 0 Å². The van der Waals surface area contributed by atoms with Gasteiger partial charge in [-0.25, -0.2) is 17.7 Å². The zero-order chi connectivity index (χ0) is 23.5. The second kappa shape index (κ2) is 9.83. The first-order chi connectivity index (χ1) is 15.1. The maximum atomic E-state index is 12.7. The Labute approximate surface area is 190 Å². The summed E-state index contributed by atoms with van der Waals surface area (Å²) in [6, 6.07) is 14.9. The second-order valence-electron chi connectivity index (χ2n) is 8.69. The molecule has 0 saturated carbocycles. The van der Waals surface area contributed by atoms with Crippen molar-refractivity contribution >= 4 is 27.0 Å². The van der Waals surface area contributed by atoms with Gasteiger partial charge in [0.2, 0.25) is 15.9 Å². The topological polar surface area (TPSA) is 84.3 Å². The number of amides is 1. The molecule has 0 aliphatic rings. The highest BCUT2D eigenvalue weighted by Gasteiger charge is 2.20. The lowest BCUT2D eigenvalue weighted by Crippen LogP contribution is -2.29. The van der Waals surface area contributed by atoms with Crippen molar-refractivity contribution in [3.05, 3.63) is 59.9 Å². The van der Waals surface area contributed by atoms with E-state index in [1.807, 2.05) is 41.9 Å². The van der Waals surface area contributed by atoms with Crippen LogP contribution in [-0.2, 0) is 28.3 Å². The van der Waals surface area contributed by atoms with Crippen LogP contribution in [0.1, 0.15) is 44.1 Å².